The lowest BCUT2D eigenvalue weighted by atomic mass is 10.1. The van der Waals surface area contributed by atoms with E-state index in [4.69, 9.17) is 0 Å². The van der Waals surface area contributed by atoms with Crippen LogP contribution in [0.5, 0.6) is 0 Å². The first-order chi connectivity index (χ1) is 22.2. The van der Waals surface area contributed by atoms with Crippen LogP contribution in [0.25, 0.3) is 0 Å². The lowest BCUT2D eigenvalue weighted by molar-refractivity contribution is -0.124. The predicted molar refractivity (Wildman–Crippen MR) is 197 cm³/mol. The van der Waals surface area contributed by atoms with Gasteiger partial charge in [-0.3, -0.25) is 9.59 Å². The van der Waals surface area contributed by atoms with Crippen LogP contribution in [0.4, 0.5) is 0 Å². The van der Waals surface area contributed by atoms with Gasteiger partial charge in [0, 0.05) is 24.9 Å². The van der Waals surface area contributed by atoms with Crippen LogP contribution >= 0.6 is 0 Å². The molecule has 0 saturated heterocycles. The fourth-order valence-electron chi connectivity index (χ4n) is 6.58. The summed E-state index contributed by atoms with van der Waals surface area (Å²) >= 11 is 0. The van der Waals surface area contributed by atoms with Gasteiger partial charge in [-0.2, -0.15) is 0 Å². The number of amides is 2. The third-order valence-electron chi connectivity index (χ3n) is 9.54. The number of nitrogens with one attached hydrogen (secondary N) is 2. The highest BCUT2D eigenvalue weighted by atomic mass is 16.2. The maximum absolute atomic E-state index is 12.6. The first-order valence-corrected chi connectivity index (χ1v) is 20.1. The number of carbonyl (C=O) groups excluding carboxylic acids is 2. The topological polar surface area (TPSA) is 58.2 Å². The molecule has 1 saturated carbocycles. The summed E-state index contributed by atoms with van der Waals surface area (Å²) in [4.78, 5) is 25.1. The minimum atomic E-state index is 0.110. The first kappa shape index (κ1) is 41.4. The Kier molecular flexibility index (Phi) is 29.8. The molecule has 2 N–H and O–H groups in total. The molecule has 0 radical (unpaired) electrons. The van der Waals surface area contributed by atoms with Crippen LogP contribution in [-0.4, -0.2) is 23.9 Å². The Labute approximate surface area is 280 Å². The highest BCUT2D eigenvalue weighted by molar-refractivity contribution is 5.78. The molecular formula is C41H76N2O2. The second-order valence-corrected chi connectivity index (χ2v) is 13.9. The Balaban J connectivity index is 1.95. The molecule has 2 atom stereocenters. The maximum atomic E-state index is 12.6. The normalized spacial score (nSPS) is 16.7. The van der Waals surface area contributed by atoms with Gasteiger partial charge in [-0.15, -0.1) is 0 Å². The zero-order valence-corrected chi connectivity index (χ0v) is 30.2. The molecule has 0 spiro atoms. The molecule has 2 amide bonds. The van der Waals surface area contributed by atoms with E-state index in [0.29, 0.717) is 12.8 Å². The van der Waals surface area contributed by atoms with E-state index < -0.39 is 0 Å². The molecule has 0 unspecified atom stereocenters. The van der Waals surface area contributed by atoms with Crippen molar-refractivity contribution in [2.24, 2.45) is 0 Å². The monoisotopic (exact) mass is 629 g/mol. The molecular weight excluding hydrogens is 552 g/mol. The van der Waals surface area contributed by atoms with Gasteiger partial charge in [0.05, 0.1) is 0 Å². The summed E-state index contributed by atoms with van der Waals surface area (Å²) in [5.41, 5.74) is 0. The number of allylic oxidation sites excluding steroid dienone is 4. The van der Waals surface area contributed by atoms with Gasteiger partial charge in [0.2, 0.25) is 11.8 Å². The van der Waals surface area contributed by atoms with E-state index in [-0.39, 0.29) is 23.9 Å². The SMILES string of the molecule is CCCCCCCCC=CCCCCCCCC(=O)N[C@H]1CCC[C@H]1NC(=O)CCCCCCCC=CCCCCCCCC. The van der Waals surface area contributed by atoms with Crippen molar-refractivity contribution in [2.45, 2.75) is 225 Å². The van der Waals surface area contributed by atoms with Gasteiger partial charge in [-0.25, -0.2) is 0 Å². The van der Waals surface area contributed by atoms with Crippen LogP contribution in [0.15, 0.2) is 24.3 Å². The highest BCUT2D eigenvalue weighted by Crippen LogP contribution is 2.20. The van der Waals surface area contributed by atoms with Crippen molar-refractivity contribution in [3.63, 3.8) is 0 Å². The average Bonchev–Trinajstić information content (AvgIpc) is 3.46. The largest absolute Gasteiger partial charge is 0.351 e. The van der Waals surface area contributed by atoms with E-state index in [0.717, 1.165) is 44.9 Å². The lowest BCUT2D eigenvalue weighted by Crippen LogP contribution is -2.48. The summed E-state index contributed by atoms with van der Waals surface area (Å²) in [5, 5.41) is 6.48. The number of hydrogen-bond acceptors (Lipinski definition) is 2. The second kappa shape index (κ2) is 32.4. The number of unbranched alkanes of at least 4 members (excludes halogenated alkanes) is 22. The van der Waals surface area contributed by atoms with Gasteiger partial charge in [-0.1, -0.05) is 141 Å². The van der Waals surface area contributed by atoms with Gasteiger partial charge in [0.25, 0.3) is 0 Å². The van der Waals surface area contributed by atoms with E-state index in [2.05, 4.69) is 48.8 Å². The van der Waals surface area contributed by atoms with Gasteiger partial charge in [0.1, 0.15) is 0 Å². The molecule has 262 valence electrons. The lowest BCUT2D eigenvalue weighted by Gasteiger charge is -2.22. The molecule has 0 aromatic rings. The summed E-state index contributed by atoms with van der Waals surface area (Å²) < 4.78 is 0. The Morgan fingerprint density at radius 2 is 0.733 bits per heavy atom. The van der Waals surface area contributed by atoms with E-state index in [1.807, 2.05) is 0 Å². The quantitative estimate of drug-likeness (QED) is 0.0575. The molecule has 0 aliphatic heterocycles. The Morgan fingerprint density at radius 1 is 0.444 bits per heavy atom. The van der Waals surface area contributed by atoms with Crippen molar-refractivity contribution >= 4 is 11.8 Å². The van der Waals surface area contributed by atoms with Crippen LogP contribution in [-0.2, 0) is 9.59 Å². The second-order valence-electron chi connectivity index (χ2n) is 13.9. The van der Waals surface area contributed by atoms with Crippen molar-refractivity contribution in [1.29, 1.82) is 0 Å². The summed E-state index contributed by atoms with van der Waals surface area (Å²) in [6.07, 6.45) is 46.8. The Bertz CT molecular complexity index is 671. The minimum absolute atomic E-state index is 0.110. The molecule has 1 aliphatic rings. The molecule has 4 nitrogen and oxygen atoms in total. The summed E-state index contributed by atoms with van der Waals surface area (Å²) in [7, 11) is 0. The van der Waals surface area contributed by atoms with Gasteiger partial charge >= 0.3 is 0 Å². The van der Waals surface area contributed by atoms with Gasteiger partial charge < -0.3 is 10.6 Å². The summed E-state index contributed by atoms with van der Waals surface area (Å²) in [6, 6.07) is 0.220. The molecule has 0 aromatic heterocycles. The maximum Gasteiger partial charge on any atom is 0.220 e. The molecule has 0 heterocycles. The molecule has 1 aliphatic carbocycles. The Hall–Kier alpha value is -1.58. The average molecular weight is 629 g/mol. The van der Waals surface area contributed by atoms with Gasteiger partial charge in [0.15, 0.2) is 0 Å². The third-order valence-corrected chi connectivity index (χ3v) is 9.54. The van der Waals surface area contributed by atoms with Crippen molar-refractivity contribution in [2.75, 3.05) is 0 Å². The highest BCUT2D eigenvalue weighted by Gasteiger charge is 2.29. The van der Waals surface area contributed by atoms with Crippen molar-refractivity contribution in [1.82, 2.24) is 10.6 Å². The smallest absolute Gasteiger partial charge is 0.220 e. The van der Waals surface area contributed by atoms with E-state index in [1.165, 1.54) is 141 Å². The van der Waals surface area contributed by atoms with E-state index in [9.17, 15) is 9.59 Å². The molecule has 45 heavy (non-hydrogen) atoms. The zero-order valence-electron chi connectivity index (χ0n) is 30.2. The molecule has 1 fully saturated rings. The molecule has 1 rings (SSSR count). The van der Waals surface area contributed by atoms with Crippen LogP contribution in [0.2, 0.25) is 0 Å². The number of rotatable bonds is 32. The van der Waals surface area contributed by atoms with Crippen LogP contribution in [0, 0.1) is 0 Å². The molecule has 0 bridgehead atoms. The predicted octanol–water partition coefficient (Wildman–Crippen LogP) is 12.2. The summed E-state index contributed by atoms with van der Waals surface area (Å²) in [5.74, 6) is 0.326. The number of carbonyl (C=O) groups is 2. The van der Waals surface area contributed by atoms with Crippen molar-refractivity contribution in [3.05, 3.63) is 24.3 Å². The van der Waals surface area contributed by atoms with E-state index in [1.54, 1.807) is 0 Å². The standard InChI is InChI=1S/C41H76N2O2/c1-3-5-7-9-11-13-15-17-19-21-23-25-27-29-31-36-40(44)42-38-34-33-35-39(38)43-41(45)37-32-30-28-26-24-22-20-18-16-14-12-10-8-6-4-2/h17-20,38-39H,3-16,21-37H2,1-2H3,(H,42,44)(H,43,45)/t38-,39+. The summed E-state index contributed by atoms with van der Waals surface area (Å²) in [6.45, 7) is 4.55. The van der Waals surface area contributed by atoms with E-state index >= 15 is 0 Å². The van der Waals surface area contributed by atoms with Crippen LogP contribution < -0.4 is 10.6 Å². The fourth-order valence-corrected chi connectivity index (χ4v) is 6.58. The van der Waals surface area contributed by atoms with Gasteiger partial charge in [-0.05, 0) is 83.5 Å². The number of hydrogen-bond donors (Lipinski definition) is 2. The third kappa shape index (κ3) is 27.3. The Morgan fingerprint density at radius 3 is 1.07 bits per heavy atom. The first-order valence-electron chi connectivity index (χ1n) is 20.1. The minimum Gasteiger partial charge on any atom is -0.351 e. The zero-order chi connectivity index (χ0) is 32.5. The van der Waals surface area contributed by atoms with Crippen LogP contribution in [0.1, 0.15) is 213 Å². The molecule has 0 aromatic carbocycles. The molecule has 4 heteroatoms. The van der Waals surface area contributed by atoms with Crippen molar-refractivity contribution < 1.29 is 9.59 Å². The fraction of sp³-hybridized carbons (Fsp3) is 0.854. The van der Waals surface area contributed by atoms with Crippen molar-refractivity contribution in [3.8, 4) is 0 Å². The van der Waals surface area contributed by atoms with Crippen LogP contribution in [0.3, 0.4) is 0 Å².